The Bertz CT molecular complexity index is 1260. The smallest absolute Gasteiger partial charge is 0.404 e. The number of aliphatic imine (C=N–C) groups is 1. The van der Waals surface area contributed by atoms with Crippen molar-refractivity contribution in [2.75, 3.05) is 26.1 Å². The Morgan fingerprint density at radius 3 is 2.32 bits per heavy atom. The van der Waals surface area contributed by atoms with Crippen molar-refractivity contribution in [3.63, 3.8) is 0 Å². The van der Waals surface area contributed by atoms with E-state index in [0.29, 0.717) is 48.7 Å². The van der Waals surface area contributed by atoms with Crippen LogP contribution >= 0.6 is 0 Å². The number of amides is 2. The number of rotatable bonds is 10. The predicted molar refractivity (Wildman–Crippen MR) is 143 cm³/mol. The standard InChI is InChI=1S/C29H31N3O5/c1-36-24-17-22-23(18-25(24)37-2)31-28(33)27(32-26(22)20-12-7-4-8-13-20)21(14-9-15-30-29(34)35)16-19-10-5-3-6-11-19/h3-8,10-13,17-18,21,27,30H,9,14-16H2,1-2H3,(H,31,33)(H,34,35)/t21-,27?/m0/s1. The van der Waals surface area contributed by atoms with Crippen LogP contribution in [0.1, 0.15) is 29.5 Å². The molecule has 1 aliphatic heterocycles. The lowest BCUT2D eigenvalue weighted by molar-refractivity contribution is -0.118. The molecule has 3 aromatic rings. The first-order chi connectivity index (χ1) is 18.0. The van der Waals surface area contributed by atoms with E-state index in [9.17, 15) is 9.59 Å². The minimum atomic E-state index is -1.06. The first-order valence-corrected chi connectivity index (χ1v) is 12.2. The summed E-state index contributed by atoms with van der Waals surface area (Å²) in [6, 6.07) is 22.6. The summed E-state index contributed by atoms with van der Waals surface area (Å²) in [7, 11) is 3.13. The molecular formula is C29H31N3O5. The summed E-state index contributed by atoms with van der Waals surface area (Å²) in [5, 5.41) is 14.5. The summed E-state index contributed by atoms with van der Waals surface area (Å²) in [6.45, 7) is 0.304. The Kier molecular flexibility index (Phi) is 8.40. The number of methoxy groups -OCH3 is 2. The Balaban J connectivity index is 1.78. The van der Waals surface area contributed by atoms with Gasteiger partial charge in [0.25, 0.3) is 0 Å². The van der Waals surface area contributed by atoms with Gasteiger partial charge in [-0.25, -0.2) is 4.79 Å². The van der Waals surface area contributed by atoms with Crippen LogP contribution in [0.3, 0.4) is 0 Å². The molecule has 1 aliphatic rings. The number of nitrogens with zero attached hydrogens (tertiary/aromatic N) is 1. The van der Waals surface area contributed by atoms with Crippen LogP contribution in [0.4, 0.5) is 10.5 Å². The second-order valence-corrected chi connectivity index (χ2v) is 8.85. The zero-order chi connectivity index (χ0) is 26.2. The van der Waals surface area contributed by atoms with Crippen LogP contribution in [0.15, 0.2) is 77.8 Å². The molecule has 8 heteroatoms. The molecule has 0 spiro atoms. The van der Waals surface area contributed by atoms with E-state index < -0.39 is 12.1 Å². The zero-order valence-electron chi connectivity index (χ0n) is 20.9. The van der Waals surface area contributed by atoms with Gasteiger partial charge in [0, 0.05) is 23.7 Å². The van der Waals surface area contributed by atoms with Gasteiger partial charge < -0.3 is 25.2 Å². The Hall–Kier alpha value is -4.33. The van der Waals surface area contributed by atoms with Gasteiger partial charge in [0.15, 0.2) is 11.5 Å². The van der Waals surface area contributed by atoms with Crippen molar-refractivity contribution in [3.8, 4) is 11.5 Å². The van der Waals surface area contributed by atoms with Gasteiger partial charge in [-0.15, -0.1) is 0 Å². The summed E-state index contributed by atoms with van der Waals surface area (Å²) in [5.41, 5.74) is 3.99. The number of benzodiazepines with no additional fused rings is 1. The maximum atomic E-state index is 13.7. The molecule has 0 aromatic heterocycles. The highest BCUT2D eigenvalue weighted by atomic mass is 16.5. The van der Waals surface area contributed by atoms with E-state index in [-0.39, 0.29) is 11.8 Å². The molecule has 0 radical (unpaired) electrons. The van der Waals surface area contributed by atoms with E-state index in [4.69, 9.17) is 19.6 Å². The molecule has 1 unspecified atom stereocenters. The first kappa shape index (κ1) is 25.8. The number of hydrogen-bond donors (Lipinski definition) is 3. The maximum absolute atomic E-state index is 13.7. The summed E-state index contributed by atoms with van der Waals surface area (Å²) in [6.07, 6.45) is 0.760. The van der Waals surface area contributed by atoms with Gasteiger partial charge in [-0.2, -0.15) is 0 Å². The lowest BCUT2D eigenvalue weighted by Gasteiger charge is -2.23. The van der Waals surface area contributed by atoms with Crippen molar-refractivity contribution in [2.24, 2.45) is 10.9 Å². The monoisotopic (exact) mass is 501 g/mol. The molecule has 0 saturated heterocycles. The van der Waals surface area contributed by atoms with Gasteiger partial charge in [0.2, 0.25) is 5.91 Å². The molecule has 0 bridgehead atoms. The van der Waals surface area contributed by atoms with Crippen LogP contribution < -0.4 is 20.1 Å². The van der Waals surface area contributed by atoms with Crippen LogP contribution in [0.25, 0.3) is 0 Å². The molecule has 1 heterocycles. The van der Waals surface area contributed by atoms with Crippen LogP contribution in [0, 0.1) is 5.92 Å². The van der Waals surface area contributed by atoms with Crippen LogP contribution in [-0.2, 0) is 11.2 Å². The highest BCUT2D eigenvalue weighted by Gasteiger charge is 2.33. The van der Waals surface area contributed by atoms with Crippen molar-refractivity contribution in [2.45, 2.75) is 25.3 Å². The van der Waals surface area contributed by atoms with E-state index in [1.165, 1.54) is 0 Å². The summed E-state index contributed by atoms with van der Waals surface area (Å²) in [4.78, 5) is 29.7. The number of hydrogen-bond acceptors (Lipinski definition) is 5. The van der Waals surface area contributed by atoms with E-state index in [1.54, 1.807) is 20.3 Å². The van der Waals surface area contributed by atoms with Crippen LogP contribution in [-0.4, -0.2) is 49.6 Å². The number of ether oxygens (including phenoxy) is 2. The average Bonchev–Trinajstić information content (AvgIpc) is 3.06. The summed E-state index contributed by atoms with van der Waals surface area (Å²) >= 11 is 0. The van der Waals surface area contributed by atoms with Gasteiger partial charge >= 0.3 is 6.09 Å². The number of benzene rings is 3. The minimum Gasteiger partial charge on any atom is -0.493 e. The lowest BCUT2D eigenvalue weighted by atomic mass is 9.87. The Morgan fingerprint density at radius 2 is 1.68 bits per heavy atom. The van der Waals surface area contributed by atoms with Crippen LogP contribution in [0.2, 0.25) is 0 Å². The normalized spacial score (nSPS) is 15.5. The molecule has 8 nitrogen and oxygen atoms in total. The molecular weight excluding hydrogens is 470 g/mol. The number of carboxylic acid groups (broad SMARTS) is 1. The van der Waals surface area contributed by atoms with Gasteiger partial charge in [-0.05, 0) is 36.8 Å². The molecule has 3 N–H and O–H groups in total. The van der Waals surface area contributed by atoms with Crippen molar-refractivity contribution in [3.05, 3.63) is 89.5 Å². The van der Waals surface area contributed by atoms with Gasteiger partial charge in [0.1, 0.15) is 6.04 Å². The SMILES string of the molecule is COc1cc2c(cc1OC)C(c1ccccc1)=NC([C@@H](CCCNC(=O)O)Cc1ccccc1)C(=O)N2. The molecule has 0 aliphatic carbocycles. The lowest BCUT2D eigenvalue weighted by Crippen LogP contribution is -2.34. The van der Waals surface area contributed by atoms with E-state index in [2.05, 4.69) is 10.6 Å². The second-order valence-electron chi connectivity index (χ2n) is 8.85. The number of carbonyl (C=O) groups excluding carboxylic acids is 1. The predicted octanol–water partition coefficient (Wildman–Crippen LogP) is 4.77. The van der Waals surface area contributed by atoms with Crippen molar-refractivity contribution >= 4 is 23.4 Å². The summed E-state index contributed by atoms with van der Waals surface area (Å²) < 4.78 is 11.0. The first-order valence-electron chi connectivity index (χ1n) is 12.2. The van der Waals surface area contributed by atoms with E-state index in [1.807, 2.05) is 66.7 Å². The summed E-state index contributed by atoms with van der Waals surface area (Å²) in [5.74, 6) is 0.674. The Morgan fingerprint density at radius 1 is 1.03 bits per heavy atom. The van der Waals surface area contributed by atoms with E-state index >= 15 is 0 Å². The third kappa shape index (κ3) is 6.27. The molecule has 0 fully saturated rings. The molecule has 192 valence electrons. The average molecular weight is 502 g/mol. The van der Waals surface area contributed by atoms with Gasteiger partial charge in [-0.1, -0.05) is 60.7 Å². The quantitative estimate of drug-likeness (QED) is 0.347. The van der Waals surface area contributed by atoms with Crippen LogP contribution in [0.5, 0.6) is 11.5 Å². The number of carbonyl (C=O) groups is 2. The molecule has 3 aromatic carbocycles. The largest absolute Gasteiger partial charge is 0.493 e. The van der Waals surface area contributed by atoms with Crippen molar-refractivity contribution < 1.29 is 24.2 Å². The molecule has 0 saturated carbocycles. The van der Waals surface area contributed by atoms with E-state index in [0.717, 1.165) is 16.7 Å². The zero-order valence-corrected chi connectivity index (χ0v) is 20.9. The maximum Gasteiger partial charge on any atom is 0.404 e. The second kappa shape index (κ2) is 12.1. The highest BCUT2D eigenvalue weighted by molar-refractivity contribution is 6.20. The number of nitrogens with one attached hydrogen (secondary N) is 2. The third-order valence-electron chi connectivity index (χ3n) is 6.44. The fraction of sp³-hybridized carbons (Fsp3) is 0.276. The molecule has 2 atom stereocenters. The van der Waals surface area contributed by atoms with Gasteiger partial charge in [-0.3, -0.25) is 9.79 Å². The minimum absolute atomic E-state index is 0.158. The Labute approximate surface area is 216 Å². The van der Waals surface area contributed by atoms with Crippen molar-refractivity contribution in [1.82, 2.24) is 5.32 Å². The fourth-order valence-corrected chi connectivity index (χ4v) is 4.65. The molecule has 2 amide bonds. The topological polar surface area (TPSA) is 109 Å². The third-order valence-corrected chi connectivity index (χ3v) is 6.44. The number of anilines is 1. The fourth-order valence-electron chi connectivity index (χ4n) is 4.65. The van der Waals surface area contributed by atoms with Crippen molar-refractivity contribution in [1.29, 1.82) is 0 Å². The highest BCUT2D eigenvalue weighted by Crippen LogP contribution is 2.37. The number of fused-ring (bicyclic) bond motifs is 1. The molecule has 4 rings (SSSR count). The molecule has 37 heavy (non-hydrogen) atoms. The van der Waals surface area contributed by atoms with Gasteiger partial charge in [0.05, 0.1) is 25.6 Å².